The Morgan fingerprint density at radius 1 is 0.923 bits per heavy atom. The second-order valence-corrected chi connectivity index (χ2v) is 14.4. The third kappa shape index (κ3) is 7.62. The highest BCUT2D eigenvalue weighted by Crippen LogP contribution is 2.49. The summed E-state index contributed by atoms with van der Waals surface area (Å²) in [6.45, 7) is 6.11. The molecule has 2 aromatic carbocycles. The van der Waals surface area contributed by atoms with Gasteiger partial charge in [-0.1, -0.05) is 60.7 Å². The maximum atomic E-state index is 11.4. The van der Waals surface area contributed by atoms with Crippen LogP contribution in [0.25, 0.3) is 0 Å². The van der Waals surface area contributed by atoms with Gasteiger partial charge >= 0.3 is 0 Å². The number of fused-ring (bicyclic) bond motifs is 1. The Labute approximate surface area is 242 Å². The lowest BCUT2D eigenvalue weighted by molar-refractivity contribution is -0.333. The number of aliphatic hydroxyl groups excluding tert-OH is 1. The van der Waals surface area contributed by atoms with Gasteiger partial charge in [-0.15, -0.1) is 23.5 Å². The highest BCUT2D eigenvalue weighted by molar-refractivity contribution is 8.17. The molecule has 0 bridgehead atoms. The molecule has 5 rings (SSSR count). The van der Waals surface area contributed by atoms with Gasteiger partial charge < -0.3 is 24.1 Å². The van der Waals surface area contributed by atoms with Crippen LogP contribution in [0.15, 0.2) is 60.7 Å². The molecule has 5 nitrogen and oxygen atoms in total. The maximum absolute atomic E-state index is 11.4. The van der Waals surface area contributed by atoms with E-state index in [1.54, 1.807) is 0 Å². The van der Waals surface area contributed by atoms with E-state index in [-0.39, 0.29) is 18.3 Å². The van der Waals surface area contributed by atoms with Crippen LogP contribution >= 0.6 is 23.5 Å². The fourth-order valence-electron chi connectivity index (χ4n) is 6.08. The molecule has 0 radical (unpaired) electrons. The van der Waals surface area contributed by atoms with Crippen molar-refractivity contribution in [2.75, 3.05) is 18.1 Å². The van der Waals surface area contributed by atoms with Crippen molar-refractivity contribution in [1.82, 2.24) is 0 Å². The average Bonchev–Trinajstić information content (AvgIpc) is 2.94. The standard InChI is InChI=1S/C32H44O5S2/c1-31(21-30-38-17-10-18-39-30)27(33)20-29-32(2,37-31)28(35-23-25-13-7-4-8-14-25)19-26(36-29)15-9-16-34-22-24-11-5-3-6-12-24/h3-8,11-14,26-30,33H,9-10,15-23H2,1-2H3/t26-,27-,28-,29+,31+,32-/m0/s1. The Morgan fingerprint density at radius 3 is 2.28 bits per heavy atom. The zero-order chi connectivity index (χ0) is 27.1. The molecule has 1 N–H and O–H groups in total. The highest BCUT2D eigenvalue weighted by atomic mass is 32.2. The minimum atomic E-state index is -0.622. The first-order valence-electron chi connectivity index (χ1n) is 14.5. The smallest absolute Gasteiger partial charge is 0.119 e. The summed E-state index contributed by atoms with van der Waals surface area (Å²) in [5.74, 6) is 2.37. The van der Waals surface area contributed by atoms with Gasteiger partial charge in [0.05, 0.1) is 47.8 Å². The molecule has 3 fully saturated rings. The molecule has 0 unspecified atom stereocenters. The van der Waals surface area contributed by atoms with Crippen LogP contribution in [0.5, 0.6) is 0 Å². The quantitative estimate of drug-likeness (QED) is 0.304. The van der Waals surface area contributed by atoms with Crippen LogP contribution in [0, 0.1) is 0 Å². The van der Waals surface area contributed by atoms with Crippen LogP contribution in [-0.2, 0) is 32.2 Å². The highest BCUT2D eigenvalue weighted by Gasteiger charge is 2.59. The third-order valence-corrected chi connectivity index (χ3v) is 11.3. The van der Waals surface area contributed by atoms with Crippen molar-refractivity contribution in [3.05, 3.63) is 71.8 Å². The maximum Gasteiger partial charge on any atom is 0.119 e. The SMILES string of the molecule is C[C@@]12O[C@](C)(CC3SCCCS3)[C@@H](O)C[C@H]1O[C@@H](CCCOCc1ccccc1)C[C@@H]2OCc1ccccc1. The predicted octanol–water partition coefficient (Wildman–Crippen LogP) is 6.61. The first-order valence-corrected chi connectivity index (χ1v) is 16.6. The van der Waals surface area contributed by atoms with Crippen LogP contribution in [0.3, 0.4) is 0 Å². The van der Waals surface area contributed by atoms with Crippen LogP contribution in [0.2, 0.25) is 0 Å². The fourth-order valence-corrected chi connectivity index (χ4v) is 9.27. The van der Waals surface area contributed by atoms with E-state index in [1.807, 2.05) is 47.8 Å². The van der Waals surface area contributed by atoms with E-state index < -0.39 is 17.3 Å². The predicted molar refractivity (Wildman–Crippen MR) is 160 cm³/mol. The molecule has 6 atom stereocenters. The first-order chi connectivity index (χ1) is 18.9. The van der Waals surface area contributed by atoms with Gasteiger partial charge in [-0.25, -0.2) is 0 Å². The molecule has 0 aromatic heterocycles. The van der Waals surface area contributed by atoms with Crippen LogP contribution in [0.4, 0.5) is 0 Å². The number of aliphatic hydroxyl groups is 1. The number of hydrogen-bond acceptors (Lipinski definition) is 7. The molecule has 0 saturated carbocycles. The molecule has 0 spiro atoms. The number of thioether (sulfide) groups is 2. The van der Waals surface area contributed by atoms with E-state index in [9.17, 15) is 5.11 Å². The van der Waals surface area contributed by atoms with E-state index >= 15 is 0 Å². The molecule has 3 saturated heterocycles. The van der Waals surface area contributed by atoms with Crippen molar-refractivity contribution in [3.8, 4) is 0 Å². The second-order valence-electron chi connectivity index (χ2n) is 11.5. The van der Waals surface area contributed by atoms with Crippen molar-refractivity contribution in [2.24, 2.45) is 0 Å². The van der Waals surface area contributed by atoms with Gasteiger partial charge in [0.25, 0.3) is 0 Å². The lowest BCUT2D eigenvalue weighted by Gasteiger charge is -2.58. The summed E-state index contributed by atoms with van der Waals surface area (Å²) in [5, 5.41) is 11.4. The summed E-state index contributed by atoms with van der Waals surface area (Å²) in [4.78, 5) is 0. The molecule has 214 valence electrons. The first kappa shape index (κ1) is 29.4. The molecular weight excluding hydrogens is 528 g/mol. The van der Waals surface area contributed by atoms with Crippen molar-refractivity contribution in [3.63, 3.8) is 0 Å². The van der Waals surface area contributed by atoms with Crippen LogP contribution < -0.4 is 0 Å². The largest absolute Gasteiger partial charge is 0.390 e. The number of ether oxygens (including phenoxy) is 4. The minimum absolute atomic E-state index is 0.0498. The zero-order valence-corrected chi connectivity index (χ0v) is 25.0. The molecule has 3 aliphatic heterocycles. The van der Waals surface area contributed by atoms with Crippen LogP contribution in [-0.4, -0.2) is 63.4 Å². The van der Waals surface area contributed by atoms with Crippen LogP contribution in [0.1, 0.15) is 63.5 Å². The van der Waals surface area contributed by atoms with Gasteiger partial charge in [-0.3, -0.25) is 0 Å². The molecule has 7 heteroatoms. The van der Waals surface area contributed by atoms with Gasteiger partial charge in [0.1, 0.15) is 5.60 Å². The molecule has 3 aliphatic rings. The Morgan fingerprint density at radius 2 is 1.59 bits per heavy atom. The van der Waals surface area contributed by atoms with Gasteiger partial charge in [0, 0.05) is 19.4 Å². The topological polar surface area (TPSA) is 57.2 Å². The third-order valence-electron chi connectivity index (χ3n) is 8.40. The summed E-state index contributed by atoms with van der Waals surface area (Å²) in [5.41, 5.74) is 1.11. The second kappa shape index (κ2) is 13.7. The Bertz CT molecular complexity index is 1000. The van der Waals surface area contributed by atoms with E-state index in [4.69, 9.17) is 18.9 Å². The molecule has 3 heterocycles. The Kier molecular flexibility index (Phi) is 10.4. The van der Waals surface area contributed by atoms with Crippen molar-refractivity contribution in [1.29, 1.82) is 0 Å². The molecular formula is C32H44O5S2. The van der Waals surface area contributed by atoms with E-state index in [0.29, 0.717) is 30.8 Å². The van der Waals surface area contributed by atoms with Gasteiger partial charge in [-0.05, 0) is 62.2 Å². The number of rotatable bonds is 11. The summed E-state index contributed by atoms with van der Waals surface area (Å²) < 4.78 is 26.7. The fraction of sp³-hybridized carbons (Fsp3) is 0.625. The number of benzene rings is 2. The molecule has 39 heavy (non-hydrogen) atoms. The average molecular weight is 573 g/mol. The molecule has 2 aromatic rings. The van der Waals surface area contributed by atoms with E-state index in [2.05, 4.69) is 50.2 Å². The van der Waals surface area contributed by atoms with Crippen molar-refractivity contribution < 1.29 is 24.1 Å². The summed E-state index contributed by atoms with van der Waals surface area (Å²) >= 11 is 4.01. The zero-order valence-electron chi connectivity index (χ0n) is 23.3. The van der Waals surface area contributed by atoms with Gasteiger partial charge in [-0.2, -0.15) is 0 Å². The monoisotopic (exact) mass is 572 g/mol. The van der Waals surface area contributed by atoms with E-state index in [0.717, 1.165) is 31.2 Å². The Hall–Kier alpha value is -1.06. The summed E-state index contributed by atoms with van der Waals surface area (Å²) in [7, 11) is 0. The lowest BCUT2D eigenvalue weighted by Crippen LogP contribution is -2.69. The summed E-state index contributed by atoms with van der Waals surface area (Å²) in [6, 6.07) is 20.6. The van der Waals surface area contributed by atoms with Crippen molar-refractivity contribution in [2.45, 2.75) is 106 Å². The van der Waals surface area contributed by atoms with Gasteiger partial charge in [0.2, 0.25) is 0 Å². The summed E-state index contributed by atoms with van der Waals surface area (Å²) in [6.07, 6.45) is 4.41. The van der Waals surface area contributed by atoms with E-state index in [1.165, 1.54) is 23.5 Å². The normalized spacial score (nSPS) is 33.5. The molecule has 0 amide bonds. The minimum Gasteiger partial charge on any atom is -0.390 e. The lowest BCUT2D eigenvalue weighted by atomic mass is 9.75. The van der Waals surface area contributed by atoms with Crippen molar-refractivity contribution >= 4 is 23.5 Å². The molecule has 0 aliphatic carbocycles. The number of hydrogen-bond donors (Lipinski definition) is 1. The van der Waals surface area contributed by atoms with Gasteiger partial charge in [0.15, 0.2) is 0 Å². The Balaban J connectivity index is 1.23.